The molecule has 2 aliphatic heterocycles. The van der Waals surface area contributed by atoms with Crippen molar-refractivity contribution in [3.8, 4) is 11.5 Å². The van der Waals surface area contributed by atoms with Gasteiger partial charge in [-0.3, -0.25) is 9.59 Å². The maximum Gasteiger partial charge on any atom is 0.254 e. The number of ether oxygens (including phenoxy) is 2. The molecule has 2 aromatic rings. The van der Waals surface area contributed by atoms with E-state index in [0.717, 1.165) is 36.5 Å². The smallest absolute Gasteiger partial charge is 0.254 e. The third-order valence-corrected chi connectivity index (χ3v) is 9.27. The van der Waals surface area contributed by atoms with Gasteiger partial charge in [0.15, 0.2) is 11.5 Å². The Kier molecular flexibility index (Phi) is 7.67. The first kappa shape index (κ1) is 28.2. The normalized spacial score (nSPS) is 23.1. The molecule has 39 heavy (non-hydrogen) atoms. The summed E-state index contributed by atoms with van der Waals surface area (Å²) >= 11 is 8.03. The molecule has 0 spiro atoms. The molecule has 11 heteroatoms. The van der Waals surface area contributed by atoms with Gasteiger partial charge in [0.25, 0.3) is 17.3 Å². The highest BCUT2D eigenvalue weighted by atomic mass is 35.5. The van der Waals surface area contributed by atoms with E-state index in [2.05, 4.69) is 15.2 Å². The van der Waals surface area contributed by atoms with Gasteiger partial charge in [0, 0.05) is 66.1 Å². The fourth-order valence-electron chi connectivity index (χ4n) is 5.97. The van der Waals surface area contributed by atoms with Crippen molar-refractivity contribution in [2.75, 3.05) is 25.9 Å². The van der Waals surface area contributed by atoms with Gasteiger partial charge in [-0.1, -0.05) is 11.6 Å². The summed E-state index contributed by atoms with van der Waals surface area (Å²) in [6.07, 6.45) is 3.47. The largest absolute Gasteiger partial charge is 0.448 e. The van der Waals surface area contributed by atoms with Crippen LogP contribution in [-0.2, 0) is 6.54 Å². The molecule has 3 aliphatic rings. The van der Waals surface area contributed by atoms with Crippen LogP contribution in [0.15, 0.2) is 21.8 Å². The van der Waals surface area contributed by atoms with E-state index < -0.39 is 11.7 Å². The lowest BCUT2D eigenvalue weighted by Crippen LogP contribution is -2.50. The van der Waals surface area contributed by atoms with Crippen LogP contribution in [0, 0.1) is 25.7 Å². The van der Waals surface area contributed by atoms with Crippen molar-refractivity contribution in [1.82, 2.24) is 15.2 Å². The lowest BCUT2D eigenvalue weighted by molar-refractivity contribution is -0.134. The van der Waals surface area contributed by atoms with Gasteiger partial charge in [0.2, 0.25) is 5.92 Å². The number of piperidine rings is 1. The van der Waals surface area contributed by atoms with Crippen LogP contribution in [0.25, 0.3) is 0 Å². The van der Waals surface area contributed by atoms with E-state index in [-0.39, 0.29) is 47.7 Å². The molecule has 0 unspecified atom stereocenters. The fourth-order valence-corrected chi connectivity index (χ4v) is 6.91. The quantitative estimate of drug-likeness (QED) is 0.418. The number of alkyl halides is 2. The molecular weight excluding hydrogens is 548 g/mol. The number of H-pyrrole nitrogens is 1. The summed E-state index contributed by atoms with van der Waals surface area (Å²) in [7, 11) is 0. The lowest BCUT2D eigenvalue weighted by atomic mass is 9.80. The number of carbonyl (C=O) groups is 1. The van der Waals surface area contributed by atoms with Crippen molar-refractivity contribution in [3.63, 3.8) is 0 Å². The van der Waals surface area contributed by atoms with Gasteiger partial charge in [0.05, 0.1) is 5.02 Å². The zero-order valence-corrected chi connectivity index (χ0v) is 24.2. The van der Waals surface area contributed by atoms with Crippen molar-refractivity contribution < 1.29 is 23.0 Å². The number of nitrogens with one attached hydrogen (secondary N) is 2. The first-order valence-electron chi connectivity index (χ1n) is 13.3. The van der Waals surface area contributed by atoms with E-state index in [4.69, 9.17) is 21.1 Å². The number of hydrogen-bond donors (Lipinski definition) is 2. The van der Waals surface area contributed by atoms with E-state index >= 15 is 0 Å². The fraction of sp³-hybridized carbons (Fsp3) is 0.571. The van der Waals surface area contributed by atoms with Crippen LogP contribution < -0.4 is 20.3 Å². The molecule has 1 saturated heterocycles. The summed E-state index contributed by atoms with van der Waals surface area (Å²) in [5.41, 5.74) is 1.99. The number of rotatable bonds is 7. The van der Waals surface area contributed by atoms with E-state index in [1.165, 1.54) is 11.8 Å². The molecule has 7 nitrogen and oxygen atoms in total. The van der Waals surface area contributed by atoms with Gasteiger partial charge >= 0.3 is 0 Å². The number of hydrogen-bond acceptors (Lipinski definition) is 6. The molecule has 1 aromatic heterocycles. The first-order chi connectivity index (χ1) is 18.4. The number of nitrogens with zero attached hydrogens (tertiary/aromatic N) is 1. The Hall–Kier alpha value is -2.30. The minimum Gasteiger partial charge on any atom is -0.448 e. The maximum atomic E-state index is 13.2. The lowest BCUT2D eigenvalue weighted by Gasteiger charge is -2.42. The maximum absolute atomic E-state index is 13.2. The molecule has 1 amide bonds. The van der Waals surface area contributed by atoms with Crippen LogP contribution >= 0.6 is 23.4 Å². The molecule has 0 radical (unpaired) electrons. The minimum absolute atomic E-state index is 0.0138. The van der Waals surface area contributed by atoms with Crippen molar-refractivity contribution in [2.45, 2.75) is 69.6 Å². The summed E-state index contributed by atoms with van der Waals surface area (Å²) < 4.78 is 39.1. The standard InChI is InChI=1S/C28H34ClF2N3O4S/c1-15-9-22(39-4)20(26(36)33-15)13-32-25(35)19-10-21(29)24-23(16(19)2)37-27(3,38-24)18-5-7-34(8-6-18)14-17-11-28(30,31)12-17/h9-10,17-18H,5-8,11-14H2,1-4H3,(H,32,35)(H,33,36)/t27-/m1/s1. The number of likely N-dealkylation sites (tertiary alicyclic amines) is 1. The van der Waals surface area contributed by atoms with Crippen LogP contribution in [0.5, 0.6) is 11.5 Å². The van der Waals surface area contributed by atoms with Gasteiger partial charge in [0.1, 0.15) is 0 Å². The Labute approximate surface area is 236 Å². The number of pyridine rings is 1. The van der Waals surface area contributed by atoms with Gasteiger partial charge in [-0.05, 0) is 64.1 Å². The number of halogens is 3. The number of fused-ring (bicyclic) bond motifs is 1. The average Bonchev–Trinajstić information content (AvgIpc) is 3.24. The molecule has 1 saturated carbocycles. The zero-order chi connectivity index (χ0) is 28.1. The van der Waals surface area contributed by atoms with E-state index in [1.807, 2.05) is 26.2 Å². The van der Waals surface area contributed by atoms with Gasteiger partial charge in [-0.2, -0.15) is 0 Å². The average molecular weight is 582 g/mol. The number of aryl methyl sites for hydroxylation is 1. The van der Waals surface area contributed by atoms with Crippen LogP contribution in [0.2, 0.25) is 5.02 Å². The molecule has 1 atom stereocenters. The summed E-state index contributed by atoms with van der Waals surface area (Å²) in [5, 5.41) is 3.13. The summed E-state index contributed by atoms with van der Waals surface area (Å²) in [5.74, 6) is -2.77. The number of thioether (sulfide) groups is 1. The number of benzene rings is 1. The molecule has 3 heterocycles. The van der Waals surface area contributed by atoms with Crippen molar-refractivity contribution in [3.05, 3.63) is 49.9 Å². The Morgan fingerprint density at radius 3 is 2.51 bits per heavy atom. The molecule has 0 bridgehead atoms. The van der Waals surface area contributed by atoms with Gasteiger partial charge in [-0.15, -0.1) is 11.8 Å². The van der Waals surface area contributed by atoms with E-state index in [1.54, 1.807) is 13.0 Å². The Morgan fingerprint density at radius 2 is 1.87 bits per heavy atom. The third-order valence-electron chi connectivity index (χ3n) is 8.19. The van der Waals surface area contributed by atoms with Crippen LogP contribution in [0.4, 0.5) is 8.78 Å². The molecule has 212 valence electrons. The zero-order valence-electron chi connectivity index (χ0n) is 22.6. The highest BCUT2D eigenvalue weighted by Crippen LogP contribution is 2.51. The second kappa shape index (κ2) is 10.6. The summed E-state index contributed by atoms with van der Waals surface area (Å²) in [6.45, 7) is 7.87. The molecule has 5 rings (SSSR count). The minimum atomic E-state index is -2.49. The predicted octanol–water partition coefficient (Wildman–Crippen LogP) is 5.54. The summed E-state index contributed by atoms with van der Waals surface area (Å²) in [4.78, 5) is 31.5. The molecule has 1 aliphatic carbocycles. The SMILES string of the molecule is CSc1cc(C)[nH]c(=O)c1CNC(=O)c1cc(Cl)c2c(c1C)O[C@@](C)(C1CCN(CC3CC(F)(F)C3)CC1)O2. The first-order valence-corrected chi connectivity index (χ1v) is 14.9. The van der Waals surface area contributed by atoms with Crippen LogP contribution in [0.1, 0.15) is 59.8 Å². The molecule has 2 fully saturated rings. The van der Waals surface area contributed by atoms with Crippen LogP contribution in [-0.4, -0.2) is 53.4 Å². The molecule has 1 aromatic carbocycles. The Morgan fingerprint density at radius 1 is 1.21 bits per heavy atom. The van der Waals surface area contributed by atoms with Crippen molar-refractivity contribution in [1.29, 1.82) is 0 Å². The molecular formula is C28H34ClF2N3O4S. The highest BCUT2D eigenvalue weighted by Gasteiger charge is 2.49. The topological polar surface area (TPSA) is 83.7 Å². The Bertz CT molecular complexity index is 1340. The predicted molar refractivity (Wildman–Crippen MR) is 147 cm³/mol. The van der Waals surface area contributed by atoms with Gasteiger partial charge < -0.3 is 24.7 Å². The van der Waals surface area contributed by atoms with Crippen LogP contribution in [0.3, 0.4) is 0 Å². The van der Waals surface area contributed by atoms with E-state index in [9.17, 15) is 18.4 Å². The second-order valence-corrected chi connectivity index (χ2v) is 12.4. The second-order valence-electron chi connectivity index (χ2n) is 11.1. The number of amides is 1. The highest BCUT2D eigenvalue weighted by molar-refractivity contribution is 7.98. The number of aromatic nitrogens is 1. The van der Waals surface area contributed by atoms with Gasteiger partial charge in [-0.25, -0.2) is 8.78 Å². The Balaban J connectivity index is 1.25. The monoisotopic (exact) mass is 581 g/mol. The van der Waals surface area contributed by atoms with Crippen molar-refractivity contribution in [2.24, 2.45) is 11.8 Å². The summed E-state index contributed by atoms with van der Waals surface area (Å²) in [6, 6.07) is 3.46. The molecule has 2 N–H and O–H groups in total. The third kappa shape index (κ3) is 5.65. The van der Waals surface area contributed by atoms with Crippen molar-refractivity contribution >= 4 is 29.3 Å². The number of aromatic amines is 1. The van der Waals surface area contributed by atoms with E-state index in [0.29, 0.717) is 34.7 Å². The number of carbonyl (C=O) groups excluding carboxylic acids is 1.